The third-order valence-corrected chi connectivity index (χ3v) is 8.07. The fraction of sp³-hybridized carbons (Fsp3) is 0.333. The molecular formula is C30H37N3O5S. The molecule has 1 atom stereocenters. The summed E-state index contributed by atoms with van der Waals surface area (Å²) in [5.41, 5.74) is 1.86. The zero-order chi connectivity index (χ0) is 28.6. The normalized spacial score (nSPS) is 12.1. The van der Waals surface area contributed by atoms with Crippen molar-refractivity contribution in [1.29, 1.82) is 0 Å². The van der Waals surface area contributed by atoms with Crippen LogP contribution >= 0.6 is 0 Å². The summed E-state index contributed by atoms with van der Waals surface area (Å²) in [5.74, 6) is -0.170. The smallest absolute Gasteiger partial charge is 0.264 e. The summed E-state index contributed by atoms with van der Waals surface area (Å²) in [6, 6.07) is 21.4. The van der Waals surface area contributed by atoms with Gasteiger partial charge >= 0.3 is 0 Å². The molecule has 2 amide bonds. The first kappa shape index (κ1) is 29.7. The molecule has 0 aliphatic rings. The molecule has 0 spiro atoms. The van der Waals surface area contributed by atoms with Gasteiger partial charge < -0.3 is 15.0 Å². The molecule has 1 N–H and O–H groups in total. The molecule has 0 saturated carbocycles. The number of hydrogen-bond donors (Lipinski definition) is 1. The molecule has 3 rings (SSSR count). The van der Waals surface area contributed by atoms with Gasteiger partial charge in [-0.15, -0.1) is 0 Å². The third kappa shape index (κ3) is 7.38. The van der Waals surface area contributed by atoms with Gasteiger partial charge in [0.1, 0.15) is 18.3 Å². The maximum Gasteiger partial charge on any atom is 0.264 e. The molecule has 0 radical (unpaired) electrons. The summed E-state index contributed by atoms with van der Waals surface area (Å²) in [6.45, 7) is 6.96. The molecule has 9 heteroatoms. The molecular weight excluding hydrogens is 514 g/mol. The van der Waals surface area contributed by atoms with Crippen molar-refractivity contribution in [2.24, 2.45) is 0 Å². The van der Waals surface area contributed by atoms with E-state index in [1.165, 1.54) is 17.0 Å². The molecule has 0 fully saturated rings. The summed E-state index contributed by atoms with van der Waals surface area (Å²) in [7, 11) is -2.54. The standard InChI is InChI=1S/C30H37N3O5S/c1-6-27(30(35)31-22(2)3)32(20-24-14-12-15-25(19-24)38-5)29(34)21-33(28-18-11-10-13-23(28)4)39(36,37)26-16-8-7-9-17-26/h7-19,22,27H,6,20-21H2,1-5H3,(H,31,35)/t27-/m1/s1. The van der Waals surface area contributed by atoms with E-state index in [9.17, 15) is 18.0 Å². The lowest BCUT2D eigenvalue weighted by Crippen LogP contribution is -2.53. The van der Waals surface area contributed by atoms with Gasteiger partial charge in [-0.2, -0.15) is 0 Å². The number of benzene rings is 3. The van der Waals surface area contributed by atoms with Gasteiger partial charge in [0.15, 0.2) is 0 Å². The number of ether oxygens (including phenoxy) is 1. The topological polar surface area (TPSA) is 96.0 Å². The molecule has 208 valence electrons. The van der Waals surface area contributed by atoms with Gasteiger partial charge in [0.05, 0.1) is 17.7 Å². The predicted octanol–water partition coefficient (Wildman–Crippen LogP) is 4.53. The fourth-order valence-corrected chi connectivity index (χ4v) is 5.84. The van der Waals surface area contributed by atoms with Crippen LogP contribution < -0.4 is 14.4 Å². The summed E-state index contributed by atoms with van der Waals surface area (Å²) in [6.07, 6.45) is 0.351. The van der Waals surface area contributed by atoms with Gasteiger partial charge in [0.2, 0.25) is 11.8 Å². The number of carbonyl (C=O) groups excluding carboxylic acids is 2. The van der Waals surface area contributed by atoms with Gasteiger partial charge in [-0.1, -0.05) is 55.5 Å². The number of methoxy groups -OCH3 is 1. The average Bonchev–Trinajstić information content (AvgIpc) is 2.92. The van der Waals surface area contributed by atoms with Gasteiger partial charge in [-0.05, 0) is 68.7 Å². The van der Waals surface area contributed by atoms with Crippen molar-refractivity contribution < 1.29 is 22.7 Å². The molecule has 0 aliphatic heterocycles. The second kappa shape index (κ2) is 13.3. The van der Waals surface area contributed by atoms with Gasteiger partial charge in [-0.25, -0.2) is 8.42 Å². The van der Waals surface area contributed by atoms with Gasteiger partial charge in [0.25, 0.3) is 10.0 Å². The Bertz CT molecular complexity index is 1380. The second-order valence-corrected chi connectivity index (χ2v) is 11.4. The van der Waals surface area contributed by atoms with Crippen LogP contribution in [0.2, 0.25) is 0 Å². The van der Waals surface area contributed by atoms with Crippen LogP contribution in [0.15, 0.2) is 83.8 Å². The Morgan fingerprint density at radius 1 is 0.949 bits per heavy atom. The molecule has 0 bridgehead atoms. The number of rotatable bonds is 12. The van der Waals surface area contributed by atoms with E-state index in [2.05, 4.69) is 5.32 Å². The van der Waals surface area contributed by atoms with E-state index in [0.717, 1.165) is 9.87 Å². The number of nitrogens with zero attached hydrogens (tertiary/aromatic N) is 2. The van der Waals surface area contributed by atoms with Crippen molar-refractivity contribution in [3.8, 4) is 5.75 Å². The number of hydrogen-bond acceptors (Lipinski definition) is 5. The van der Waals surface area contributed by atoms with Crippen LogP contribution in [0.5, 0.6) is 5.75 Å². The Labute approximate surface area is 231 Å². The number of para-hydroxylation sites is 1. The van der Waals surface area contributed by atoms with E-state index >= 15 is 0 Å². The lowest BCUT2D eigenvalue weighted by Gasteiger charge is -2.34. The number of nitrogens with one attached hydrogen (secondary N) is 1. The summed E-state index contributed by atoms with van der Waals surface area (Å²) < 4.78 is 34.2. The monoisotopic (exact) mass is 551 g/mol. The average molecular weight is 552 g/mol. The van der Waals surface area contributed by atoms with Crippen LogP contribution in [-0.2, 0) is 26.2 Å². The first-order valence-electron chi connectivity index (χ1n) is 12.9. The Balaban J connectivity index is 2.07. The molecule has 0 unspecified atom stereocenters. The summed E-state index contributed by atoms with van der Waals surface area (Å²) in [4.78, 5) is 28.8. The minimum Gasteiger partial charge on any atom is -0.497 e. The van der Waals surface area contributed by atoms with Crippen LogP contribution in [0.4, 0.5) is 5.69 Å². The molecule has 8 nitrogen and oxygen atoms in total. The first-order chi connectivity index (χ1) is 18.6. The number of anilines is 1. The van der Waals surface area contributed by atoms with Crippen LogP contribution in [-0.4, -0.2) is 50.9 Å². The lowest BCUT2D eigenvalue weighted by molar-refractivity contribution is -0.140. The summed E-state index contributed by atoms with van der Waals surface area (Å²) in [5, 5.41) is 2.90. The fourth-order valence-electron chi connectivity index (χ4n) is 4.34. The van der Waals surface area contributed by atoms with E-state index in [-0.39, 0.29) is 23.4 Å². The van der Waals surface area contributed by atoms with E-state index in [1.54, 1.807) is 62.6 Å². The SMILES string of the molecule is CC[C@H](C(=O)NC(C)C)N(Cc1cccc(OC)c1)C(=O)CN(c1ccccc1C)S(=O)(=O)c1ccccc1. The second-order valence-electron chi connectivity index (χ2n) is 9.57. The minimum atomic E-state index is -4.10. The minimum absolute atomic E-state index is 0.0741. The highest BCUT2D eigenvalue weighted by molar-refractivity contribution is 7.92. The van der Waals surface area contributed by atoms with Crippen molar-refractivity contribution in [1.82, 2.24) is 10.2 Å². The highest BCUT2D eigenvalue weighted by Gasteiger charge is 2.34. The molecule has 3 aromatic rings. The van der Waals surface area contributed by atoms with Crippen molar-refractivity contribution in [2.75, 3.05) is 18.0 Å². The maximum absolute atomic E-state index is 14.1. The van der Waals surface area contributed by atoms with E-state index < -0.39 is 28.5 Å². The van der Waals surface area contributed by atoms with Crippen molar-refractivity contribution in [2.45, 2.75) is 57.6 Å². The third-order valence-electron chi connectivity index (χ3n) is 6.30. The van der Waals surface area contributed by atoms with E-state index in [0.29, 0.717) is 23.4 Å². The zero-order valence-corrected chi connectivity index (χ0v) is 23.9. The van der Waals surface area contributed by atoms with Crippen LogP contribution in [0, 0.1) is 6.92 Å². The maximum atomic E-state index is 14.1. The summed E-state index contributed by atoms with van der Waals surface area (Å²) >= 11 is 0. The molecule has 0 aliphatic carbocycles. The Morgan fingerprint density at radius 2 is 1.62 bits per heavy atom. The molecule has 0 saturated heterocycles. The molecule has 3 aromatic carbocycles. The highest BCUT2D eigenvalue weighted by atomic mass is 32.2. The van der Waals surface area contributed by atoms with E-state index in [4.69, 9.17) is 4.74 Å². The predicted molar refractivity (Wildman–Crippen MR) is 153 cm³/mol. The van der Waals surface area contributed by atoms with E-state index in [1.807, 2.05) is 39.0 Å². The Kier molecular flexibility index (Phi) is 10.1. The van der Waals surface area contributed by atoms with Crippen molar-refractivity contribution >= 4 is 27.5 Å². The largest absolute Gasteiger partial charge is 0.497 e. The molecule has 0 heterocycles. The lowest BCUT2D eigenvalue weighted by atomic mass is 10.1. The van der Waals surface area contributed by atoms with Gasteiger partial charge in [0, 0.05) is 12.6 Å². The van der Waals surface area contributed by atoms with Crippen LogP contribution in [0.1, 0.15) is 38.3 Å². The van der Waals surface area contributed by atoms with Crippen molar-refractivity contribution in [3.63, 3.8) is 0 Å². The highest BCUT2D eigenvalue weighted by Crippen LogP contribution is 2.27. The Morgan fingerprint density at radius 3 is 2.23 bits per heavy atom. The zero-order valence-electron chi connectivity index (χ0n) is 23.1. The Hall–Kier alpha value is -3.85. The number of aryl methyl sites for hydroxylation is 1. The quantitative estimate of drug-likeness (QED) is 0.357. The molecule has 39 heavy (non-hydrogen) atoms. The van der Waals surface area contributed by atoms with Crippen molar-refractivity contribution in [3.05, 3.63) is 90.0 Å². The first-order valence-corrected chi connectivity index (χ1v) is 14.4. The number of amides is 2. The number of sulfonamides is 1. The number of carbonyl (C=O) groups is 2. The van der Waals surface area contributed by atoms with Crippen LogP contribution in [0.25, 0.3) is 0 Å². The van der Waals surface area contributed by atoms with Crippen LogP contribution in [0.3, 0.4) is 0 Å². The molecule has 0 aromatic heterocycles. The van der Waals surface area contributed by atoms with Gasteiger partial charge in [-0.3, -0.25) is 13.9 Å².